The highest BCUT2D eigenvalue weighted by atomic mass is 35.5. The number of hydrogen-bond acceptors (Lipinski definition) is 4. The molecule has 0 unspecified atom stereocenters. The van der Waals surface area contributed by atoms with Crippen molar-refractivity contribution in [2.75, 3.05) is 11.9 Å². The number of rotatable bonds is 5. The number of fused-ring (bicyclic) bond motifs is 1. The van der Waals surface area contributed by atoms with Crippen LogP contribution in [-0.2, 0) is 11.3 Å². The quantitative estimate of drug-likeness (QED) is 0.480. The topological polar surface area (TPSA) is 73.0 Å². The Labute approximate surface area is 183 Å². The average Bonchev–Trinajstić information content (AvgIpc) is 3.53. The van der Waals surface area contributed by atoms with E-state index in [1.165, 1.54) is 9.58 Å². The molecule has 0 N–H and O–H groups in total. The summed E-state index contributed by atoms with van der Waals surface area (Å²) in [6.45, 7) is -0.152. The number of halogens is 1. The van der Waals surface area contributed by atoms with E-state index in [2.05, 4.69) is 10.2 Å². The van der Waals surface area contributed by atoms with Gasteiger partial charge >= 0.3 is 0 Å². The van der Waals surface area contributed by atoms with Gasteiger partial charge in [-0.3, -0.25) is 9.59 Å². The van der Waals surface area contributed by atoms with E-state index in [-0.39, 0.29) is 23.9 Å². The monoisotopic (exact) mass is 433 g/mol. The number of benzene rings is 2. The number of anilines is 1. The number of likely N-dealkylation sites (N-methyl/N-ethyl adjacent to an activating group) is 1. The zero-order valence-corrected chi connectivity index (χ0v) is 17.7. The predicted molar refractivity (Wildman–Crippen MR) is 120 cm³/mol. The Morgan fingerprint density at radius 2 is 1.94 bits per heavy atom. The van der Waals surface area contributed by atoms with Crippen LogP contribution in [0.25, 0.3) is 16.6 Å². The van der Waals surface area contributed by atoms with Gasteiger partial charge in [0.15, 0.2) is 0 Å². The molecule has 8 heteroatoms. The molecule has 4 aromatic rings. The van der Waals surface area contributed by atoms with Gasteiger partial charge in [0.25, 0.3) is 5.56 Å². The molecule has 2 heterocycles. The maximum absolute atomic E-state index is 13.4. The van der Waals surface area contributed by atoms with Gasteiger partial charge in [-0.15, -0.1) is 0 Å². The van der Waals surface area contributed by atoms with Crippen LogP contribution in [0.4, 0.5) is 5.69 Å². The van der Waals surface area contributed by atoms with Crippen molar-refractivity contribution in [3.63, 3.8) is 0 Å². The summed E-state index contributed by atoms with van der Waals surface area (Å²) in [5.41, 5.74) is 2.32. The fourth-order valence-electron chi connectivity index (χ4n) is 3.69. The summed E-state index contributed by atoms with van der Waals surface area (Å²) in [6.07, 6.45) is 3.71. The lowest BCUT2D eigenvalue weighted by atomic mass is 10.2. The van der Waals surface area contributed by atoms with Gasteiger partial charge < -0.3 is 4.90 Å². The second-order valence-corrected chi connectivity index (χ2v) is 8.15. The summed E-state index contributed by atoms with van der Waals surface area (Å²) in [4.78, 5) is 27.8. The average molecular weight is 434 g/mol. The Morgan fingerprint density at radius 3 is 2.65 bits per heavy atom. The van der Waals surface area contributed by atoms with Gasteiger partial charge in [0, 0.05) is 29.1 Å². The Balaban J connectivity index is 1.60. The van der Waals surface area contributed by atoms with Crippen LogP contribution in [0.2, 0.25) is 5.02 Å². The lowest BCUT2D eigenvalue weighted by molar-refractivity contribution is -0.119. The minimum absolute atomic E-state index is 0.152. The van der Waals surface area contributed by atoms with Gasteiger partial charge in [-0.25, -0.2) is 9.36 Å². The molecule has 2 aromatic heterocycles. The number of carbonyl (C=O) groups excluding carboxylic acids is 1. The van der Waals surface area contributed by atoms with E-state index < -0.39 is 0 Å². The summed E-state index contributed by atoms with van der Waals surface area (Å²) in [5.74, 6) is 0.0593. The summed E-state index contributed by atoms with van der Waals surface area (Å²) < 4.78 is 2.85. The first-order valence-corrected chi connectivity index (χ1v) is 10.5. The van der Waals surface area contributed by atoms with Gasteiger partial charge in [0.05, 0.1) is 17.6 Å². The van der Waals surface area contributed by atoms with E-state index in [1.54, 1.807) is 30.1 Å². The summed E-state index contributed by atoms with van der Waals surface area (Å²) in [6, 6.07) is 16.5. The van der Waals surface area contributed by atoms with Crippen LogP contribution >= 0.6 is 11.6 Å². The van der Waals surface area contributed by atoms with Crippen LogP contribution in [-0.4, -0.2) is 32.5 Å². The van der Waals surface area contributed by atoms with Crippen molar-refractivity contribution in [2.24, 2.45) is 0 Å². The van der Waals surface area contributed by atoms with Gasteiger partial charge in [0.1, 0.15) is 12.1 Å². The minimum atomic E-state index is -0.355. The van der Waals surface area contributed by atoms with Gasteiger partial charge in [0.2, 0.25) is 5.91 Å². The summed E-state index contributed by atoms with van der Waals surface area (Å²) >= 11 is 6.15. The van der Waals surface area contributed by atoms with E-state index in [1.807, 2.05) is 42.5 Å². The fraction of sp³-hybridized carbons (Fsp3) is 0.217. The van der Waals surface area contributed by atoms with Crippen LogP contribution in [0, 0.1) is 0 Å². The molecule has 1 amide bonds. The molecule has 0 aliphatic heterocycles. The van der Waals surface area contributed by atoms with Crippen molar-refractivity contribution < 1.29 is 4.79 Å². The molecule has 0 spiro atoms. The lowest BCUT2D eigenvalue weighted by Gasteiger charge is -2.18. The first-order chi connectivity index (χ1) is 15.0. The second kappa shape index (κ2) is 7.67. The molecule has 0 bridgehead atoms. The van der Waals surface area contributed by atoms with E-state index in [0.29, 0.717) is 16.2 Å². The van der Waals surface area contributed by atoms with Crippen molar-refractivity contribution in [2.45, 2.75) is 25.3 Å². The summed E-state index contributed by atoms with van der Waals surface area (Å²) in [7, 11) is 1.69. The SMILES string of the molecule is CN(C(=O)Cn1nc(C2CC2)c2cnn(-c3cccc(Cl)c3)c2c1=O)c1ccccc1. The van der Waals surface area contributed by atoms with Crippen molar-refractivity contribution in [3.05, 3.63) is 81.9 Å². The number of amides is 1. The molecule has 1 aliphatic rings. The van der Waals surface area contributed by atoms with Crippen molar-refractivity contribution >= 4 is 34.1 Å². The van der Waals surface area contributed by atoms with Crippen LogP contribution in [0.3, 0.4) is 0 Å². The molecule has 31 heavy (non-hydrogen) atoms. The Kier molecular flexibility index (Phi) is 4.82. The normalized spacial score (nSPS) is 13.5. The molecular formula is C23H20ClN5O2. The van der Waals surface area contributed by atoms with E-state index in [9.17, 15) is 9.59 Å². The van der Waals surface area contributed by atoms with Crippen LogP contribution in [0.15, 0.2) is 65.6 Å². The zero-order valence-electron chi connectivity index (χ0n) is 16.9. The molecule has 0 atom stereocenters. The third-order valence-electron chi connectivity index (χ3n) is 5.53. The van der Waals surface area contributed by atoms with Gasteiger partial charge in [-0.05, 0) is 43.2 Å². The molecule has 0 radical (unpaired) electrons. The number of para-hydroxylation sites is 1. The number of aromatic nitrogens is 4. The molecule has 2 aromatic carbocycles. The predicted octanol–water partition coefficient (Wildman–Crippen LogP) is 3.78. The summed E-state index contributed by atoms with van der Waals surface area (Å²) in [5, 5.41) is 10.3. The standard InChI is InChI=1S/C23H20ClN5O2/c1-27(17-7-3-2-4-8-17)20(30)14-28-23(31)22-19(21(26-28)15-10-11-15)13-25-29(22)18-9-5-6-16(24)12-18/h2-9,12-13,15H,10-11,14H2,1H3. The van der Waals surface area contributed by atoms with Crippen LogP contribution in [0.1, 0.15) is 24.5 Å². The fourth-order valence-corrected chi connectivity index (χ4v) is 3.88. The third kappa shape index (κ3) is 3.61. The maximum Gasteiger partial charge on any atom is 0.293 e. The highest BCUT2D eigenvalue weighted by molar-refractivity contribution is 6.30. The van der Waals surface area contributed by atoms with Crippen molar-refractivity contribution in [3.8, 4) is 5.69 Å². The van der Waals surface area contributed by atoms with E-state index >= 15 is 0 Å². The highest BCUT2D eigenvalue weighted by Gasteiger charge is 2.30. The number of carbonyl (C=O) groups is 1. The third-order valence-corrected chi connectivity index (χ3v) is 5.77. The number of nitrogens with zero attached hydrogens (tertiary/aromatic N) is 5. The molecular weight excluding hydrogens is 414 g/mol. The highest BCUT2D eigenvalue weighted by Crippen LogP contribution is 2.41. The molecule has 1 saturated carbocycles. The largest absolute Gasteiger partial charge is 0.314 e. The Morgan fingerprint density at radius 1 is 1.16 bits per heavy atom. The van der Waals surface area contributed by atoms with Gasteiger partial charge in [-0.1, -0.05) is 35.9 Å². The molecule has 0 saturated heterocycles. The Hall–Kier alpha value is -3.45. The first kappa shape index (κ1) is 19.5. The molecule has 156 valence electrons. The zero-order chi connectivity index (χ0) is 21.5. The second-order valence-electron chi connectivity index (χ2n) is 7.71. The lowest BCUT2D eigenvalue weighted by Crippen LogP contribution is -2.36. The van der Waals surface area contributed by atoms with Crippen molar-refractivity contribution in [1.29, 1.82) is 0 Å². The number of hydrogen-bond donors (Lipinski definition) is 0. The van der Waals surface area contributed by atoms with Gasteiger partial charge in [-0.2, -0.15) is 10.2 Å². The molecule has 5 rings (SSSR count). The smallest absolute Gasteiger partial charge is 0.293 e. The molecule has 7 nitrogen and oxygen atoms in total. The molecule has 1 fully saturated rings. The van der Waals surface area contributed by atoms with Crippen LogP contribution in [0.5, 0.6) is 0 Å². The minimum Gasteiger partial charge on any atom is -0.314 e. The first-order valence-electron chi connectivity index (χ1n) is 10.1. The molecule has 1 aliphatic carbocycles. The van der Waals surface area contributed by atoms with E-state index in [0.717, 1.165) is 29.6 Å². The Bertz CT molecular complexity index is 1340. The van der Waals surface area contributed by atoms with Crippen LogP contribution < -0.4 is 10.5 Å². The van der Waals surface area contributed by atoms with E-state index in [4.69, 9.17) is 11.6 Å². The maximum atomic E-state index is 13.4. The van der Waals surface area contributed by atoms with Crippen molar-refractivity contribution in [1.82, 2.24) is 19.6 Å².